The van der Waals surface area contributed by atoms with Gasteiger partial charge in [-0.05, 0) is 40.5 Å². The number of methoxy groups -OCH3 is 1. The second-order valence-corrected chi connectivity index (χ2v) is 7.96. The lowest BCUT2D eigenvalue weighted by Crippen LogP contribution is -2.44. The molecule has 0 saturated heterocycles. The number of carbonyl (C=O) groups is 3. The quantitative estimate of drug-likeness (QED) is 0.451. The molecule has 180 valence electrons. The molecule has 0 spiro atoms. The zero-order valence-corrected chi connectivity index (χ0v) is 18.8. The summed E-state index contributed by atoms with van der Waals surface area (Å²) < 4.78 is 24.7. The lowest BCUT2D eigenvalue weighted by Gasteiger charge is -2.15. The lowest BCUT2D eigenvalue weighted by atomic mass is 9.98. The van der Waals surface area contributed by atoms with Crippen LogP contribution in [0.2, 0.25) is 0 Å². The Morgan fingerprint density at radius 3 is 2.20 bits per heavy atom. The summed E-state index contributed by atoms with van der Waals surface area (Å²) in [6.07, 6.45) is -0.769. The Balaban J connectivity index is 1.39. The van der Waals surface area contributed by atoms with Crippen molar-refractivity contribution in [2.45, 2.75) is 12.0 Å². The van der Waals surface area contributed by atoms with Crippen molar-refractivity contribution < 1.29 is 33.4 Å². The number of carboxylic acid groups (broad SMARTS) is 1. The van der Waals surface area contributed by atoms with Gasteiger partial charge in [-0.3, -0.25) is 10.1 Å². The van der Waals surface area contributed by atoms with E-state index in [2.05, 4.69) is 10.6 Å². The van der Waals surface area contributed by atoms with Crippen LogP contribution in [0.25, 0.3) is 11.1 Å². The van der Waals surface area contributed by atoms with Gasteiger partial charge in [-0.2, -0.15) is 0 Å². The van der Waals surface area contributed by atoms with Gasteiger partial charge in [0.2, 0.25) is 0 Å². The number of anilines is 1. The number of hydrogen-bond acceptors (Lipinski definition) is 5. The molecule has 4 rings (SSSR count). The molecule has 1 aliphatic carbocycles. The van der Waals surface area contributed by atoms with Crippen LogP contribution in [0, 0.1) is 5.82 Å². The van der Waals surface area contributed by atoms with Gasteiger partial charge in [0.05, 0.1) is 12.2 Å². The van der Waals surface area contributed by atoms with E-state index in [1.54, 1.807) is 0 Å². The third-order valence-corrected chi connectivity index (χ3v) is 5.74. The molecule has 0 aromatic heterocycles. The normalized spacial score (nSPS) is 12.9. The highest BCUT2D eigenvalue weighted by Crippen LogP contribution is 2.44. The molecule has 0 bridgehead atoms. The minimum atomic E-state index is -1.33. The molecule has 2 amide bonds. The van der Waals surface area contributed by atoms with Gasteiger partial charge in [0.1, 0.15) is 12.4 Å². The van der Waals surface area contributed by atoms with Crippen LogP contribution in [0.1, 0.15) is 27.4 Å². The van der Waals surface area contributed by atoms with E-state index >= 15 is 0 Å². The van der Waals surface area contributed by atoms with Crippen LogP contribution in [-0.4, -0.2) is 49.4 Å². The summed E-state index contributed by atoms with van der Waals surface area (Å²) in [6.45, 7) is -0.178. The predicted molar refractivity (Wildman–Crippen MR) is 126 cm³/mol. The molecule has 1 aliphatic rings. The average Bonchev–Trinajstić information content (AvgIpc) is 3.16. The third-order valence-electron chi connectivity index (χ3n) is 5.74. The molecule has 3 N–H and O–H groups in total. The molecule has 1 unspecified atom stereocenters. The number of carbonyl (C=O) groups excluding carboxylic acids is 2. The Hall–Kier alpha value is -4.24. The SMILES string of the molecule is COCC(NC(=O)c1ccc(NC(=O)OCC2c3ccccc3-c3ccccc32)cc1F)C(=O)O. The first-order chi connectivity index (χ1) is 16.9. The van der Waals surface area contributed by atoms with Crippen molar-refractivity contribution in [2.24, 2.45) is 0 Å². The summed E-state index contributed by atoms with van der Waals surface area (Å²) >= 11 is 0. The van der Waals surface area contributed by atoms with E-state index in [0.29, 0.717) is 0 Å². The predicted octanol–water partition coefficient (Wildman–Crippen LogP) is 4.02. The molecule has 35 heavy (non-hydrogen) atoms. The maximum absolute atomic E-state index is 14.5. The van der Waals surface area contributed by atoms with E-state index in [4.69, 9.17) is 14.6 Å². The van der Waals surface area contributed by atoms with Crippen molar-refractivity contribution in [3.63, 3.8) is 0 Å². The Labute approximate surface area is 200 Å². The third kappa shape index (κ3) is 5.15. The second kappa shape index (κ2) is 10.4. The molecule has 0 heterocycles. The number of fused-ring (bicyclic) bond motifs is 3. The van der Waals surface area contributed by atoms with Gasteiger partial charge in [0.25, 0.3) is 5.91 Å². The number of benzene rings is 3. The highest BCUT2D eigenvalue weighted by Gasteiger charge is 2.29. The van der Waals surface area contributed by atoms with Crippen LogP contribution in [0.15, 0.2) is 66.7 Å². The fraction of sp³-hybridized carbons (Fsp3) is 0.192. The van der Waals surface area contributed by atoms with Gasteiger partial charge in [0, 0.05) is 18.7 Å². The lowest BCUT2D eigenvalue weighted by molar-refractivity contribution is -0.140. The fourth-order valence-electron chi connectivity index (χ4n) is 4.11. The van der Waals surface area contributed by atoms with Crippen molar-refractivity contribution in [2.75, 3.05) is 25.6 Å². The van der Waals surface area contributed by atoms with Gasteiger partial charge in [-0.15, -0.1) is 0 Å². The van der Waals surface area contributed by atoms with Gasteiger partial charge < -0.3 is 19.9 Å². The Kier molecular flexibility index (Phi) is 7.07. The topological polar surface area (TPSA) is 114 Å². The second-order valence-electron chi connectivity index (χ2n) is 7.96. The molecule has 0 saturated carbocycles. The maximum Gasteiger partial charge on any atom is 0.411 e. The van der Waals surface area contributed by atoms with Crippen molar-refractivity contribution >= 4 is 23.7 Å². The summed E-state index contributed by atoms with van der Waals surface area (Å²) in [5.41, 5.74) is 4.05. The molecular weight excluding hydrogens is 455 g/mol. The van der Waals surface area contributed by atoms with Crippen LogP contribution < -0.4 is 10.6 Å². The summed E-state index contributed by atoms with van der Waals surface area (Å²) in [4.78, 5) is 35.8. The van der Waals surface area contributed by atoms with Crippen LogP contribution in [0.3, 0.4) is 0 Å². The number of rotatable bonds is 8. The first-order valence-corrected chi connectivity index (χ1v) is 10.8. The summed E-state index contributed by atoms with van der Waals surface area (Å²) in [5.74, 6) is -3.28. The largest absolute Gasteiger partial charge is 0.480 e. The van der Waals surface area contributed by atoms with E-state index in [1.165, 1.54) is 13.2 Å². The number of ether oxygens (including phenoxy) is 2. The molecule has 3 aromatic carbocycles. The highest BCUT2D eigenvalue weighted by atomic mass is 19.1. The van der Waals surface area contributed by atoms with Crippen molar-refractivity contribution in [1.82, 2.24) is 5.32 Å². The monoisotopic (exact) mass is 478 g/mol. The van der Waals surface area contributed by atoms with Crippen LogP contribution >= 0.6 is 0 Å². The molecule has 1 atom stereocenters. The standard InChI is InChI=1S/C26H23FN2O6/c1-34-14-23(25(31)32)29-24(30)20-11-10-15(12-22(20)27)28-26(33)35-13-21-18-8-4-2-6-16(18)17-7-3-5-9-19(17)21/h2-12,21,23H,13-14H2,1H3,(H,28,33)(H,29,30)(H,31,32). The molecule has 9 heteroatoms. The zero-order valence-electron chi connectivity index (χ0n) is 18.8. The van der Waals surface area contributed by atoms with Crippen molar-refractivity contribution in [1.29, 1.82) is 0 Å². The van der Waals surface area contributed by atoms with E-state index in [1.807, 2.05) is 48.5 Å². The molecule has 0 aliphatic heterocycles. The smallest absolute Gasteiger partial charge is 0.411 e. The van der Waals surface area contributed by atoms with E-state index in [9.17, 15) is 18.8 Å². The molecule has 0 fully saturated rings. The Bertz CT molecular complexity index is 1230. The van der Waals surface area contributed by atoms with Gasteiger partial charge in [0.15, 0.2) is 6.04 Å². The van der Waals surface area contributed by atoms with Crippen LogP contribution in [0.5, 0.6) is 0 Å². The number of amides is 2. The fourth-order valence-corrected chi connectivity index (χ4v) is 4.11. The van der Waals surface area contributed by atoms with E-state index in [0.717, 1.165) is 34.4 Å². The number of carboxylic acids is 1. The Morgan fingerprint density at radius 2 is 1.63 bits per heavy atom. The van der Waals surface area contributed by atoms with Gasteiger partial charge >= 0.3 is 12.1 Å². The van der Waals surface area contributed by atoms with Gasteiger partial charge in [-0.1, -0.05) is 48.5 Å². The summed E-state index contributed by atoms with van der Waals surface area (Å²) in [7, 11) is 1.28. The van der Waals surface area contributed by atoms with Crippen molar-refractivity contribution in [3.8, 4) is 11.1 Å². The van der Waals surface area contributed by atoms with E-state index in [-0.39, 0.29) is 30.4 Å². The van der Waals surface area contributed by atoms with Gasteiger partial charge in [-0.25, -0.2) is 14.0 Å². The summed E-state index contributed by atoms with van der Waals surface area (Å²) in [5, 5.41) is 13.7. The zero-order chi connectivity index (χ0) is 24.9. The summed E-state index contributed by atoms with van der Waals surface area (Å²) in [6, 6.07) is 18.0. The molecular formula is C26H23FN2O6. The number of nitrogens with one attached hydrogen (secondary N) is 2. The molecule has 0 radical (unpaired) electrons. The average molecular weight is 478 g/mol. The molecule has 8 nitrogen and oxygen atoms in total. The highest BCUT2D eigenvalue weighted by molar-refractivity contribution is 5.97. The van der Waals surface area contributed by atoms with E-state index < -0.39 is 29.8 Å². The number of hydrogen-bond donors (Lipinski definition) is 3. The maximum atomic E-state index is 14.5. The minimum Gasteiger partial charge on any atom is -0.480 e. The number of halogens is 1. The Morgan fingerprint density at radius 1 is 1.00 bits per heavy atom. The first kappa shape index (κ1) is 23.9. The van der Waals surface area contributed by atoms with Crippen molar-refractivity contribution in [3.05, 3.63) is 89.2 Å². The minimum absolute atomic E-state index is 0.0861. The van der Waals surface area contributed by atoms with Crippen LogP contribution in [0.4, 0.5) is 14.9 Å². The molecule has 3 aromatic rings. The first-order valence-electron chi connectivity index (χ1n) is 10.8. The van der Waals surface area contributed by atoms with Crippen LogP contribution in [-0.2, 0) is 14.3 Å². The number of aliphatic carboxylic acids is 1.